The third kappa shape index (κ3) is 2.82. The van der Waals surface area contributed by atoms with E-state index < -0.39 is 10.0 Å². The SMILES string of the molecule is Cc1ccc(S(=O)(=O)n2c(C3=CCNCC3)cc3c(Cl)ncnc32)cc1. The van der Waals surface area contributed by atoms with Crippen molar-refractivity contribution in [1.82, 2.24) is 19.3 Å². The molecule has 1 aromatic carbocycles. The van der Waals surface area contributed by atoms with Crippen LogP contribution in [0.15, 0.2) is 47.6 Å². The summed E-state index contributed by atoms with van der Waals surface area (Å²) in [6.45, 7) is 3.40. The summed E-state index contributed by atoms with van der Waals surface area (Å²) in [5.74, 6) is 0. The molecule has 1 aliphatic heterocycles. The summed E-state index contributed by atoms with van der Waals surface area (Å²) in [4.78, 5) is 8.41. The molecule has 0 bridgehead atoms. The van der Waals surface area contributed by atoms with Crippen molar-refractivity contribution in [3.05, 3.63) is 59.1 Å². The molecule has 0 saturated carbocycles. The van der Waals surface area contributed by atoms with Crippen molar-refractivity contribution in [1.29, 1.82) is 0 Å². The highest BCUT2D eigenvalue weighted by Gasteiger charge is 2.27. The van der Waals surface area contributed by atoms with Crippen LogP contribution in [0.2, 0.25) is 5.15 Å². The molecule has 0 radical (unpaired) electrons. The summed E-state index contributed by atoms with van der Waals surface area (Å²) >= 11 is 6.21. The molecule has 0 saturated heterocycles. The van der Waals surface area contributed by atoms with E-state index in [2.05, 4.69) is 15.3 Å². The van der Waals surface area contributed by atoms with Gasteiger partial charge < -0.3 is 5.32 Å². The number of nitrogens with zero attached hydrogens (tertiary/aromatic N) is 3. The van der Waals surface area contributed by atoms with Crippen molar-refractivity contribution >= 4 is 38.2 Å². The van der Waals surface area contributed by atoms with Gasteiger partial charge in [-0.2, -0.15) is 0 Å². The van der Waals surface area contributed by atoms with Crippen LogP contribution in [-0.4, -0.2) is 35.4 Å². The number of hydrogen-bond donors (Lipinski definition) is 1. The Bertz CT molecular complexity index is 1120. The fourth-order valence-corrected chi connectivity index (χ4v) is 4.77. The van der Waals surface area contributed by atoms with Crippen LogP contribution < -0.4 is 5.32 Å². The normalized spacial score (nSPS) is 15.2. The maximum atomic E-state index is 13.4. The minimum atomic E-state index is -3.83. The highest BCUT2D eigenvalue weighted by Crippen LogP contribution is 2.32. The summed E-state index contributed by atoms with van der Waals surface area (Å²) in [6, 6.07) is 8.55. The van der Waals surface area contributed by atoms with Gasteiger partial charge in [0.05, 0.1) is 16.0 Å². The largest absolute Gasteiger partial charge is 0.313 e. The summed E-state index contributed by atoms with van der Waals surface area (Å²) in [5, 5.41) is 4.00. The van der Waals surface area contributed by atoms with Gasteiger partial charge in [0.2, 0.25) is 0 Å². The molecule has 0 unspecified atom stereocenters. The molecule has 0 fully saturated rings. The highest BCUT2D eigenvalue weighted by molar-refractivity contribution is 7.90. The Morgan fingerprint density at radius 1 is 1.19 bits per heavy atom. The molecule has 4 rings (SSSR count). The number of aromatic nitrogens is 3. The fraction of sp³-hybridized carbons (Fsp3) is 0.222. The third-order valence-electron chi connectivity index (χ3n) is 4.46. The molecule has 3 heterocycles. The first kappa shape index (κ1) is 17.2. The van der Waals surface area contributed by atoms with E-state index in [1.807, 2.05) is 13.0 Å². The molecule has 26 heavy (non-hydrogen) atoms. The molecule has 0 atom stereocenters. The zero-order chi connectivity index (χ0) is 18.3. The van der Waals surface area contributed by atoms with E-state index in [1.165, 1.54) is 10.3 Å². The van der Waals surface area contributed by atoms with Crippen LogP contribution in [0, 0.1) is 6.92 Å². The van der Waals surface area contributed by atoms with Gasteiger partial charge >= 0.3 is 0 Å². The molecule has 134 valence electrons. The van der Waals surface area contributed by atoms with Gasteiger partial charge in [-0.3, -0.25) is 0 Å². The monoisotopic (exact) mass is 388 g/mol. The quantitative estimate of drug-likeness (QED) is 0.698. The van der Waals surface area contributed by atoms with Gasteiger partial charge in [-0.1, -0.05) is 35.4 Å². The average molecular weight is 389 g/mol. The standard InChI is InChI=1S/C18H17ClN4O2S/c1-12-2-4-14(5-3-12)26(24,25)23-16(13-6-8-20-9-7-13)10-15-17(19)21-11-22-18(15)23/h2-6,10-11,20H,7-9H2,1H3. The second-order valence-corrected chi connectivity index (χ2v) is 8.34. The number of fused-ring (bicyclic) bond motifs is 1. The van der Waals surface area contributed by atoms with Crippen LogP contribution in [0.4, 0.5) is 0 Å². The number of rotatable bonds is 3. The molecule has 0 spiro atoms. The van der Waals surface area contributed by atoms with E-state index in [0.29, 0.717) is 23.3 Å². The van der Waals surface area contributed by atoms with Crippen LogP contribution in [0.3, 0.4) is 0 Å². The van der Waals surface area contributed by atoms with Crippen molar-refractivity contribution in [2.75, 3.05) is 13.1 Å². The lowest BCUT2D eigenvalue weighted by Gasteiger charge is -2.17. The molecule has 0 amide bonds. The van der Waals surface area contributed by atoms with Crippen molar-refractivity contribution in [2.45, 2.75) is 18.2 Å². The molecular formula is C18H17ClN4O2S. The van der Waals surface area contributed by atoms with E-state index in [9.17, 15) is 8.42 Å². The number of benzene rings is 1. The van der Waals surface area contributed by atoms with Crippen molar-refractivity contribution in [3.63, 3.8) is 0 Å². The van der Waals surface area contributed by atoms with Crippen LogP contribution in [0.5, 0.6) is 0 Å². The van der Waals surface area contributed by atoms with Gasteiger partial charge in [0.1, 0.15) is 11.5 Å². The van der Waals surface area contributed by atoms with Crippen molar-refractivity contribution in [2.24, 2.45) is 0 Å². The first-order valence-corrected chi connectivity index (χ1v) is 10.0. The Morgan fingerprint density at radius 3 is 2.65 bits per heavy atom. The molecule has 1 aliphatic rings. The van der Waals surface area contributed by atoms with E-state index in [0.717, 1.165) is 24.1 Å². The number of nitrogens with one attached hydrogen (secondary N) is 1. The Hall–Kier alpha value is -2.22. The van der Waals surface area contributed by atoms with Crippen LogP contribution in [0.25, 0.3) is 16.6 Å². The second-order valence-electron chi connectivity index (χ2n) is 6.20. The van der Waals surface area contributed by atoms with Gasteiger partial charge in [-0.05, 0) is 43.7 Å². The zero-order valence-electron chi connectivity index (χ0n) is 14.1. The van der Waals surface area contributed by atoms with Gasteiger partial charge in [0.15, 0.2) is 5.65 Å². The number of hydrogen-bond acceptors (Lipinski definition) is 5. The van der Waals surface area contributed by atoms with Crippen molar-refractivity contribution < 1.29 is 8.42 Å². The lowest BCUT2D eigenvalue weighted by atomic mass is 10.1. The fourth-order valence-electron chi connectivity index (χ4n) is 3.10. The van der Waals surface area contributed by atoms with E-state index in [1.54, 1.807) is 30.3 Å². The third-order valence-corrected chi connectivity index (χ3v) is 6.48. The summed E-state index contributed by atoms with van der Waals surface area (Å²) in [6.07, 6.45) is 4.01. The van der Waals surface area contributed by atoms with E-state index in [4.69, 9.17) is 11.6 Å². The smallest absolute Gasteiger partial charge is 0.269 e. The Balaban J connectivity index is 2.02. The maximum Gasteiger partial charge on any atom is 0.269 e. The topological polar surface area (TPSA) is 76.9 Å². The van der Waals surface area contributed by atoms with Gasteiger partial charge in [-0.25, -0.2) is 22.4 Å². The predicted octanol–water partition coefficient (Wildman–Crippen LogP) is 3.01. The number of aryl methyl sites for hydroxylation is 1. The summed E-state index contributed by atoms with van der Waals surface area (Å²) in [5.41, 5.74) is 2.82. The Labute approximate surface area is 156 Å². The van der Waals surface area contributed by atoms with Crippen molar-refractivity contribution in [3.8, 4) is 0 Å². The van der Waals surface area contributed by atoms with Crippen LogP contribution in [-0.2, 0) is 10.0 Å². The molecule has 1 N–H and O–H groups in total. The molecule has 6 nitrogen and oxygen atoms in total. The lowest BCUT2D eigenvalue weighted by Crippen LogP contribution is -2.22. The zero-order valence-corrected chi connectivity index (χ0v) is 15.7. The highest BCUT2D eigenvalue weighted by atomic mass is 35.5. The predicted molar refractivity (Wildman–Crippen MR) is 102 cm³/mol. The van der Waals surface area contributed by atoms with Gasteiger partial charge in [-0.15, -0.1) is 0 Å². The molecule has 2 aromatic heterocycles. The lowest BCUT2D eigenvalue weighted by molar-refractivity contribution is 0.588. The number of halogens is 1. The average Bonchev–Trinajstić information content (AvgIpc) is 3.05. The van der Waals surface area contributed by atoms with Gasteiger partial charge in [0.25, 0.3) is 10.0 Å². The van der Waals surface area contributed by atoms with Gasteiger partial charge in [0, 0.05) is 6.54 Å². The molecule has 0 aliphatic carbocycles. The summed E-state index contributed by atoms with van der Waals surface area (Å²) in [7, 11) is -3.83. The minimum Gasteiger partial charge on any atom is -0.313 e. The maximum absolute atomic E-state index is 13.4. The summed E-state index contributed by atoms with van der Waals surface area (Å²) < 4.78 is 28.1. The molecule has 8 heteroatoms. The van der Waals surface area contributed by atoms with Crippen LogP contribution >= 0.6 is 11.6 Å². The molecular weight excluding hydrogens is 372 g/mol. The van der Waals surface area contributed by atoms with E-state index >= 15 is 0 Å². The first-order chi connectivity index (χ1) is 12.5. The van der Waals surface area contributed by atoms with E-state index in [-0.39, 0.29) is 10.0 Å². The first-order valence-electron chi connectivity index (χ1n) is 8.23. The second kappa shape index (κ2) is 6.50. The minimum absolute atomic E-state index is 0.214. The Morgan fingerprint density at radius 2 is 1.96 bits per heavy atom. The Kier molecular flexibility index (Phi) is 4.30. The molecule has 3 aromatic rings. The van der Waals surface area contributed by atoms with Crippen LogP contribution in [0.1, 0.15) is 17.7 Å².